The fourth-order valence-electron chi connectivity index (χ4n) is 1.30. The van der Waals surface area contributed by atoms with Gasteiger partial charge in [0.05, 0.1) is 6.61 Å². The monoisotopic (exact) mass is 241 g/mol. The molecule has 1 saturated heterocycles. The van der Waals surface area contributed by atoms with E-state index in [-0.39, 0.29) is 19.4 Å². The topological polar surface area (TPSA) is 72.9 Å². The SMILES string of the molecule is C=CCCCCOC(=O)ON1C(=O)CCC1=O. The molecule has 0 spiro atoms. The molecule has 1 aliphatic rings. The molecular weight excluding hydrogens is 226 g/mol. The first-order valence-electron chi connectivity index (χ1n) is 5.46. The molecule has 0 atom stereocenters. The summed E-state index contributed by atoms with van der Waals surface area (Å²) in [6, 6.07) is 0. The van der Waals surface area contributed by atoms with Crippen molar-refractivity contribution in [2.24, 2.45) is 0 Å². The third-order valence-electron chi connectivity index (χ3n) is 2.19. The number of unbranched alkanes of at least 4 members (excludes halogenated alkanes) is 2. The molecule has 1 rings (SSSR count). The summed E-state index contributed by atoms with van der Waals surface area (Å²) in [5.74, 6) is -1.03. The van der Waals surface area contributed by atoms with Crippen molar-refractivity contribution in [3.8, 4) is 0 Å². The lowest BCUT2D eigenvalue weighted by Gasteiger charge is -2.12. The highest BCUT2D eigenvalue weighted by molar-refractivity contribution is 6.01. The standard InChI is InChI=1S/C11H15NO5/c1-2-3-4-5-8-16-11(15)17-12-9(13)6-7-10(12)14/h2H,1,3-8H2. The maximum absolute atomic E-state index is 11.1. The van der Waals surface area contributed by atoms with E-state index in [1.54, 1.807) is 6.08 Å². The van der Waals surface area contributed by atoms with Crippen molar-refractivity contribution in [2.75, 3.05) is 6.61 Å². The van der Waals surface area contributed by atoms with Crippen LogP contribution in [0, 0.1) is 0 Å². The number of ether oxygens (including phenoxy) is 1. The van der Waals surface area contributed by atoms with Gasteiger partial charge in [0.25, 0.3) is 11.8 Å². The van der Waals surface area contributed by atoms with Gasteiger partial charge in [-0.2, -0.15) is 0 Å². The Morgan fingerprint density at radius 1 is 1.29 bits per heavy atom. The fraction of sp³-hybridized carbons (Fsp3) is 0.545. The van der Waals surface area contributed by atoms with E-state index >= 15 is 0 Å². The van der Waals surface area contributed by atoms with Crippen LogP contribution in [-0.2, 0) is 19.2 Å². The minimum atomic E-state index is -1.02. The predicted molar refractivity (Wildman–Crippen MR) is 57.6 cm³/mol. The van der Waals surface area contributed by atoms with Gasteiger partial charge in [-0.25, -0.2) is 4.79 Å². The Morgan fingerprint density at radius 3 is 2.53 bits per heavy atom. The van der Waals surface area contributed by atoms with Crippen LogP contribution in [0.5, 0.6) is 0 Å². The summed E-state index contributed by atoms with van der Waals surface area (Å²) >= 11 is 0. The number of nitrogens with zero attached hydrogens (tertiary/aromatic N) is 1. The number of hydroxylamine groups is 2. The zero-order valence-corrected chi connectivity index (χ0v) is 9.52. The normalized spacial score (nSPS) is 14.9. The number of carbonyl (C=O) groups is 3. The molecular formula is C11H15NO5. The summed E-state index contributed by atoms with van der Waals surface area (Å²) in [5.41, 5.74) is 0. The second kappa shape index (κ2) is 6.67. The summed E-state index contributed by atoms with van der Waals surface area (Å²) in [6.07, 6.45) is 3.30. The first-order chi connectivity index (χ1) is 8.15. The molecule has 6 heteroatoms. The smallest absolute Gasteiger partial charge is 0.433 e. The molecule has 0 bridgehead atoms. The number of rotatable bonds is 6. The zero-order valence-electron chi connectivity index (χ0n) is 9.52. The first kappa shape index (κ1) is 13.2. The third kappa shape index (κ3) is 4.26. The molecule has 17 heavy (non-hydrogen) atoms. The average Bonchev–Trinajstić information content (AvgIpc) is 2.60. The van der Waals surface area contributed by atoms with E-state index < -0.39 is 18.0 Å². The largest absolute Gasteiger partial charge is 0.533 e. The van der Waals surface area contributed by atoms with E-state index in [1.165, 1.54) is 0 Å². The van der Waals surface area contributed by atoms with Crippen molar-refractivity contribution in [1.82, 2.24) is 5.06 Å². The molecule has 0 aromatic heterocycles. The van der Waals surface area contributed by atoms with Gasteiger partial charge >= 0.3 is 6.16 Å². The summed E-state index contributed by atoms with van der Waals surface area (Å²) < 4.78 is 4.71. The number of carbonyl (C=O) groups excluding carboxylic acids is 3. The minimum Gasteiger partial charge on any atom is -0.433 e. The highest BCUT2D eigenvalue weighted by Crippen LogP contribution is 2.12. The summed E-state index contributed by atoms with van der Waals surface area (Å²) in [4.78, 5) is 37.8. The van der Waals surface area contributed by atoms with Crippen molar-refractivity contribution >= 4 is 18.0 Å². The van der Waals surface area contributed by atoms with Crippen molar-refractivity contribution < 1.29 is 24.0 Å². The maximum Gasteiger partial charge on any atom is 0.533 e. The predicted octanol–water partition coefficient (Wildman–Crippen LogP) is 1.56. The minimum absolute atomic E-state index is 0.0748. The Balaban J connectivity index is 2.18. The molecule has 0 aromatic rings. The second-order valence-electron chi connectivity index (χ2n) is 3.56. The molecule has 0 aromatic carbocycles. The Labute approximate surface area is 99.1 Å². The maximum atomic E-state index is 11.1. The molecule has 1 heterocycles. The van der Waals surface area contributed by atoms with Gasteiger partial charge < -0.3 is 4.74 Å². The molecule has 0 N–H and O–H groups in total. The summed E-state index contributed by atoms with van der Waals surface area (Å²) in [6.45, 7) is 3.76. The van der Waals surface area contributed by atoms with E-state index in [2.05, 4.69) is 11.4 Å². The van der Waals surface area contributed by atoms with Gasteiger partial charge in [-0.05, 0) is 19.3 Å². The Hall–Kier alpha value is -1.85. The third-order valence-corrected chi connectivity index (χ3v) is 2.19. The van der Waals surface area contributed by atoms with E-state index in [1.807, 2.05) is 0 Å². The van der Waals surface area contributed by atoms with Crippen LogP contribution < -0.4 is 0 Å². The van der Waals surface area contributed by atoms with Crippen molar-refractivity contribution in [2.45, 2.75) is 32.1 Å². The van der Waals surface area contributed by atoms with Crippen molar-refractivity contribution in [3.05, 3.63) is 12.7 Å². The molecule has 1 fully saturated rings. The first-order valence-corrected chi connectivity index (χ1v) is 5.46. The van der Waals surface area contributed by atoms with Crippen LogP contribution in [0.3, 0.4) is 0 Å². The molecule has 6 nitrogen and oxygen atoms in total. The lowest BCUT2D eigenvalue weighted by molar-refractivity contribution is -0.177. The second-order valence-corrected chi connectivity index (χ2v) is 3.56. The highest BCUT2D eigenvalue weighted by Gasteiger charge is 2.33. The van der Waals surface area contributed by atoms with Gasteiger partial charge in [0.2, 0.25) is 0 Å². The van der Waals surface area contributed by atoms with Crippen LogP contribution in [0.4, 0.5) is 4.79 Å². The van der Waals surface area contributed by atoms with Crippen LogP contribution >= 0.6 is 0 Å². The summed E-state index contributed by atoms with van der Waals surface area (Å²) in [7, 11) is 0. The van der Waals surface area contributed by atoms with Crippen LogP contribution in [0.25, 0.3) is 0 Å². The average molecular weight is 241 g/mol. The van der Waals surface area contributed by atoms with Crippen molar-refractivity contribution in [3.63, 3.8) is 0 Å². The lowest BCUT2D eigenvalue weighted by Crippen LogP contribution is -2.32. The number of amides is 2. The molecule has 94 valence electrons. The number of hydrogen-bond acceptors (Lipinski definition) is 5. The van der Waals surface area contributed by atoms with Gasteiger partial charge in [0.1, 0.15) is 0 Å². The number of allylic oxidation sites excluding steroid dienone is 1. The van der Waals surface area contributed by atoms with Crippen LogP contribution in [-0.4, -0.2) is 29.6 Å². The molecule has 2 amide bonds. The van der Waals surface area contributed by atoms with Crippen molar-refractivity contribution in [1.29, 1.82) is 0 Å². The molecule has 0 aliphatic carbocycles. The lowest BCUT2D eigenvalue weighted by atomic mass is 10.2. The van der Waals surface area contributed by atoms with Crippen LogP contribution in [0.1, 0.15) is 32.1 Å². The molecule has 0 saturated carbocycles. The van der Waals surface area contributed by atoms with Gasteiger partial charge in [0.15, 0.2) is 0 Å². The Kier molecular flexibility index (Phi) is 5.19. The Bertz CT molecular complexity index is 310. The van der Waals surface area contributed by atoms with Gasteiger partial charge in [-0.1, -0.05) is 11.1 Å². The van der Waals surface area contributed by atoms with E-state index in [0.29, 0.717) is 11.5 Å². The van der Waals surface area contributed by atoms with E-state index in [9.17, 15) is 14.4 Å². The quantitative estimate of drug-likeness (QED) is 0.305. The number of hydrogen-bond donors (Lipinski definition) is 0. The van der Waals surface area contributed by atoms with Gasteiger partial charge in [-0.15, -0.1) is 6.58 Å². The molecule has 0 unspecified atom stereocenters. The zero-order chi connectivity index (χ0) is 12.7. The van der Waals surface area contributed by atoms with Gasteiger partial charge in [0, 0.05) is 12.8 Å². The highest BCUT2D eigenvalue weighted by atomic mass is 16.8. The summed E-state index contributed by atoms with van der Waals surface area (Å²) in [5, 5.41) is 0.464. The molecule has 1 aliphatic heterocycles. The van der Waals surface area contributed by atoms with E-state index in [4.69, 9.17) is 4.74 Å². The number of imide groups is 1. The fourth-order valence-corrected chi connectivity index (χ4v) is 1.30. The van der Waals surface area contributed by atoms with E-state index in [0.717, 1.165) is 12.8 Å². The molecule has 0 radical (unpaired) electrons. The van der Waals surface area contributed by atoms with Gasteiger partial charge in [-0.3, -0.25) is 14.4 Å². The Morgan fingerprint density at radius 2 is 1.94 bits per heavy atom. The van der Waals surface area contributed by atoms with Crippen LogP contribution in [0.2, 0.25) is 0 Å². The van der Waals surface area contributed by atoms with Crippen LogP contribution in [0.15, 0.2) is 12.7 Å².